The maximum Gasteiger partial charge on any atom is 0.128 e. The summed E-state index contributed by atoms with van der Waals surface area (Å²) < 4.78 is 0. The molecular formula is C11H10N2. The summed E-state index contributed by atoms with van der Waals surface area (Å²) >= 11 is 0. The van der Waals surface area contributed by atoms with Gasteiger partial charge in [0.15, 0.2) is 0 Å². The van der Waals surface area contributed by atoms with Crippen LogP contribution in [0.5, 0.6) is 0 Å². The lowest BCUT2D eigenvalue weighted by atomic mass is 9.82. The molecule has 2 nitrogen and oxygen atoms in total. The molecule has 0 aromatic rings. The van der Waals surface area contributed by atoms with Crippen molar-refractivity contribution >= 4 is 0 Å². The van der Waals surface area contributed by atoms with Crippen molar-refractivity contribution in [2.75, 3.05) is 0 Å². The van der Waals surface area contributed by atoms with Crippen molar-refractivity contribution in [3.05, 3.63) is 23.3 Å². The van der Waals surface area contributed by atoms with Gasteiger partial charge in [-0.2, -0.15) is 10.5 Å². The Kier molecular flexibility index (Phi) is 1.91. The van der Waals surface area contributed by atoms with Gasteiger partial charge < -0.3 is 0 Å². The lowest BCUT2D eigenvalue weighted by Gasteiger charge is -2.21. The van der Waals surface area contributed by atoms with Crippen LogP contribution in [0.1, 0.15) is 19.3 Å². The SMILES string of the molecule is N#CC(C#N)=C1CC2C=CC(C1)C2. The summed E-state index contributed by atoms with van der Waals surface area (Å²) in [5.41, 5.74) is 1.41. The molecule has 2 aliphatic rings. The Morgan fingerprint density at radius 3 is 2.15 bits per heavy atom. The van der Waals surface area contributed by atoms with Crippen LogP contribution in [0.3, 0.4) is 0 Å². The highest BCUT2D eigenvalue weighted by molar-refractivity contribution is 5.42. The molecule has 0 saturated heterocycles. The summed E-state index contributed by atoms with van der Waals surface area (Å²) in [4.78, 5) is 0. The van der Waals surface area contributed by atoms with Crippen LogP contribution in [0.15, 0.2) is 23.3 Å². The predicted octanol–water partition coefficient (Wildman–Crippen LogP) is 2.32. The second kappa shape index (κ2) is 3.07. The zero-order valence-corrected chi connectivity index (χ0v) is 7.33. The van der Waals surface area contributed by atoms with Crippen LogP contribution in [0.2, 0.25) is 0 Å². The summed E-state index contributed by atoms with van der Waals surface area (Å²) in [7, 11) is 0. The molecule has 2 rings (SSSR count). The lowest BCUT2D eigenvalue weighted by molar-refractivity contribution is 0.453. The number of rotatable bonds is 0. The summed E-state index contributed by atoms with van der Waals surface area (Å²) in [6.07, 6.45) is 7.51. The molecule has 0 aromatic carbocycles. The van der Waals surface area contributed by atoms with E-state index in [9.17, 15) is 0 Å². The molecule has 0 aromatic heterocycles. The topological polar surface area (TPSA) is 47.6 Å². The summed E-state index contributed by atoms with van der Waals surface area (Å²) in [6, 6.07) is 3.96. The van der Waals surface area contributed by atoms with Crippen molar-refractivity contribution in [3.63, 3.8) is 0 Å². The molecule has 0 aliphatic heterocycles. The van der Waals surface area contributed by atoms with Crippen molar-refractivity contribution in [1.29, 1.82) is 10.5 Å². The number of fused-ring (bicyclic) bond motifs is 2. The van der Waals surface area contributed by atoms with Gasteiger partial charge >= 0.3 is 0 Å². The second-order valence-corrected chi connectivity index (χ2v) is 3.75. The normalized spacial score (nSPS) is 29.5. The first-order valence-corrected chi connectivity index (χ1v) is 4.54. The zero-order valence-electron chi connectivity index (χ0n) is 7.33. The van der Waals surface area contributed by atoms with Crippen LogP contribution in [-0.4, -0.2) is 0 Å². The standard InChI is InChI=1S/C11H10N2/c12-6-11(7-13)10-4-8-1-2-9(3-8)5-10/h1-2,8-9H,3-5H2. The minimum Gasteiger partial charge on any atom is -0.192 e. The van der Waals surface area contributed by atoms with Crippen LogP contribution >= 0.6 is 0 Å². The van der Waals surface area contributed by atoms with E-state index in [-0.39, 0.29) is 0 Å². The van der Waals surface area contributed by atoms with Crippen LogP contribution in [0, 0.1) is 34.5 Å². The molecule has 2 unspecified atom stereocenters. The van der Waals surface area contributed by atoms with Crippen molar-refractivity contribution in [2.24, 2.45) is 11.8 Å². The molecule has 0 heterocycles. The van der Waals surface area contributed by atoms with Gasteiger partial charge in [0, 0.05) is 0 Å². The van der Waals surface area contributed by atoms with E-state index in [2.05, 4.69) is 12.2 Å². The van der Waals surface area contributed by atoms with E-state index in [0.29, 0.717) is 17.4 Å². The van der Waals surface area contributed by atoms with E-state index in [4.69, 9.17) is 10.5 Å². The highest BCUT2D eigenvalue weighted by Gasteiger charge is 2.28. The van der Waals surface area contributed by atoms with Gasteiger partial charge in [-0.25, -0.2) is 0 Å². The number of nitrogens with zero attached hydrogens (tertiary/aromatic N) is 2. The minimum absolute atomic E-state index is 0.346. The molecule has 1 fully saturated rings. The van der Waals surface area contributed by atoms with E-state index >= 15 is 0 Å². The Hall–Kier alpha value is -1.54. The van der Waals surface area contributed by atoms with Crippen LogP contribution in [-0.2, 0) is 0 Å². The van der Waals surface area contributed by atoms with E-state index < -0.39 is 0 Å². The number of hydrogen-bond donors (Lipinski definition) is 0. The summed E-state index contributed by atoms with van der Waals surface area (Å²) in [6.45, 7) is 0. The molecule has 2 heteroatoms. The third kappa shape index (κ3) is 1.36. The molecular weight excluding hydrogens is 160 g/mol. The van der Waals surface area contributed by atoms with Crippen LogP contribution in [0.25, 0.3) is 0 Å². The number of hydrogen-bond acceptors (Lipinski definition) is 2. The van der Waals surface area contributed by atoms with E-state index in [1.807, 2.05) is 12.1 Å². The Bertz CT molecular complexity index is 331. The average Bonchev–Trinajstić information content (AvgIpc) is 2.48. The van der Waals surface area contributed by atoms with Gasteiger partial charge in [0.1, 0.15) is 17.7 Å². The van der Waals surface area contributed by atoms with Gasteiger partial charge in [0.05, 0.1) is 0 Å². The zero-order chi connectivity index (χ0) is 9.26. The largest absolute Gasteiger partial charge is 0.192 e. The molecule has 0 spiro atoms. The third-order valence-electron chi connectivity index (χ3n) is 2.86. The van der Waals surface area contributed by atoms with E-state index in [0.717, 1.165) is 18.4 Å². The van der Waals surface area contributed by atoms with Gasteiger partial charge in [0.2, 0.25) is 0 Å². The fourth-order valence-corrected chi connectivity index (χ4v) is 2.27. The Labute approximate surface area is 77.8 Å². The molecule has 0 amide bonds. The van der Waals surface area contributed by atoms with Crippen molar-refractivity contribution in [2.45, 2.75) is 19.3 Å². The molecule has 1 saturated carbocycles. The first kappa shape index (κ1) is 8.08. The third-order valence-corrected chi connectivity index (χ3v) is 2.86. The molecule has 13 heavy (non-hydrogen) atoms. The first-order chi connectivity index (χ1) is 6.33. The molecule has 0 N–H and O–H groups in total. The molecule has 2 aliphatic carbocycles. The first-order valence-electron chi connectivity index (χ1n) is 4.54. The second-order valence-electron chi connectivity index (χ2n) is 3.75. The number of allylic oxidation sites excluding steroid dienone is 4. The van der Waals surface area contributed by atoms with Crippen molar-refractivity contribution < 1.29 is 0 Å². The fourth-order valence-electron chi connectivity index (χ4n) is 2.27. The van der Waals surface area contributed by atoms with Gasteiger partial charge in [-0.05, 0) is 36.7 Å². The van der Waals surface area contributed by atoms with Gasteiger partial charge in [-0.1, -0.05) is 12.2 Å². The van der Waals surface area contributed by atoms with Crippen LogP contribution < -0.4 is 0 Å². The molecule has 2 bridgehead atoms. The Balaban J connectivity index is 2.27. The van der Waals surface area contributed by atoms with Crippen LogP contribution in [0.4, 0.5) is 0 Å². The van der Waals surface area contributed by atoms with E-state index in [1.165, 1.54) is 6.42 Å². The molecule has 0 radical (unpaired) electrons. The van der Waals surface area contributed by atoms with Gasteiger partial charge in [-0.3, -0.25) is 0 Å². The molecule has 2 atom stereocenters. The maximum absolute atomic E-state index is 8.72. The van der Waals surface area contributed by atoms with Gasteiger partial charge in [0.25, 0.3) is 0 Å². The Morgan fingerprint density at radius 1 is 1.15 bits per heavy atom. The molecule has 64 valence electrons. The quantitative estimate of drug-likeness (QED) is 0.413. The van der Waals surface area contributed by atoms with Crippen molar-refractivity contribution in [1.82, 2.24) is 0 Å². The monoisotopic (exact) mass is 170 g/mol. The highest BCUT2D eigenvalue weighted by Crippen LogP contribution is 2.40. The fraction of sp³-hybridized carbons (Fsp3) is 0.455. The predicted molar refractivity (Wildman–Crippen MR) is 48.2 cm³/mol. The van der Waals surface area contributed by atoms with E-state index in [1.54, 1.807) is 0 Å². The summed E-state index contributed by atoms with van der Waals surface area (Å²) in [5, 5.41) is 17.4. The smallest absolute Gasteiger partial charge is 0.128 e. The Morgan fingerprint density at radius 2 is 1.69 bits per heavy atom. The highest BCUT2D eigenvalue weighted by atomic mass is 14.4. The lowest BCUT2D eigenvalue weighted by Crippen LogP contribution is -2.10. The maximum atomic E-state index is 8.72. The number of nitriles is 2. The summed E-state index contributed by atoms with van der Waals surface area (Å²) in [5.74, 6) is 1.18. The van der Waals surface area contributed by atoms with Crippen molar-refractivity contribution in [3.8, 4) is 12.1 Å². The van der Waals surface area contributed by atoms with Gasteiger partial charge in [-0.15, -0.1) is 0 Å². The minimum atomic E-state index is 0.346. The average molecular weight is 170 g/mol.